The molecule has 0 aliphatic heterocycles. The molecule has 0 bridgehead atoms. The van der Waals surface area contributed by atoms with Crippen molar-refractivity contribution in [1.82, 2.24) is 9.78 Å². The van der Waals surface area contributed by atoms with Crippen molar-refractivity contribution in [3.63, 3.8) is 0 Å². The Morgan fingerprint density at radius 1 is 0.921 bits per heavy atom. The third-order valence-electron chi connectivity index (χ3n) is 6.07. The Hall–Kier alpha value is -4.37. The van der Waals surface area contributed by atoms with Gasteiger partial charge < -0.3 is 19.9 Å². The minimum atomic E-state index is -2.07. The third-order valence-corrected chi connectivity index (χ3v) is 6.07. The van der Waals surface area contributed by atoms with E-state index < -0.39 is 11.9 Å². The number of aliphatic carboxylic acids is 2. The van der Waals surface area contributed by atoms with Gasteiger partial charge in [0.1, 0.15) is 5.82 Å². The van der Waals surface area contributed by atoms with E-state index in [0.717, 1.165) is 42.6 Å². The second kappa shape index (κ2) is 13.8. The normalized spacial score (nSPS) is 11.4. The van der Waals surface area contributed by atoms with E-state index in [2.05, 4.69) is 31.3 Å². The highest BCUT2D eigenvalue weighted by molar-refractivity contribution is 6.26. The molecule has 0 spiro atoms. The quantitative estimate of drug-likeness (QED) is 0.320. The van der Waals surface area contributed by atoms with Crippen LogP contribution in [0.4, 0.5) is 4.39 Å². The molecule has 9 heteroatoms. The predicted octanol–water partition coefficient (Wildman–Crippen LogP) is 1.09. The Morgan fingerprint density at radius 3 is 2.16 bits per heavy atom. The smallest absolute Gasteiger partial charge is 0.351 e. The number of quaternary nitrogens is 1. The van der Waals surface area contributed by atoms with E-state index in [0.29, 0.717) is 18.4 Å². The predicted molar refractivity (Wildman–Crippen MR) is 139 cm³/mol. The first kappa shape index (κ1) is 28.2. The highest BCUT2D eigenvalue weighted by atomic mass is 19.1. The molecule has 3 aromatic carbocycles. The van der Waals surface area contributed by atoms with E-state index in [1.807, 2.05) is 30.3 Å². The number of nitrogens with zero attached hydrogens (tertiary/aromatic N) is 2. The summed E-state index contributed by atoms with van der Waals surface area (Å²) in [6, 6.07) is 24.6. The first-order chi connectivity index (χ1) is 18.2. The Bertz CT molecular complexity index is 1410. The number of benzene rings is 3. The van der Waals surface area contributed by atoms with E-state index in [9.17, 15) is 9.18 Å². The van der Waals surface area contributed by atoms with Crippen LogP contribution < -0.4 is 15.6 Å². The number of carbonyl (C=O) groups is 2. The lowest BCUT2D eigenvalue weighted by atomic mass is 10.0. The van der Waals surface area contributed by atoms with Crippen LogP contribution in [0.1, 0.15) is 23.2 Å². The molecule has 0 saturated heterocycles. The Labute approximate surface area is 219 Å². The molecule has 0 radical (unpaired) electrons. The van der Waals surface area contributed by atoms with Crippen LogP contribution in [0.15, 0.2) is 83.7 Å². The van der Waals surface area contributed by atoms with E-state index in [-0.39, 0.29) is 11.4 Å². The van der Waals surface area contributed by atoms with Crippen molar-refractivity contribution in [1.29, 1.82) is 0 Å². The molecule has 1 aromatic heterocycles. The molecule has 2 N–H and O–H groups in total. The number of nitrogens with one attached hydrogen (secondary N) is 1. The summed E-state index contributed by atoms with van der Waals surface area (Å²) in [5.74, 6) is -4.26. The van der Waals surface area contributed by atoms with Crippen molar-refractivity contribution < 1.29 is 29.1 Å². The highest BCUT2D eigenvalue weighted by Crippen LogP contribution is 2.17. The molecule has 1 unspecified atom stereocenters. The number of rotatable bonds is 9. The number of hydrogen-bond acceptors (Lipinski definition) is 5. The van der Waals surface area contributed by atoms with Crippen molar-refractivity contribution >= 4 is 22.7 Å². The number of fused-ring (bicyclic) bond motifs is 1. The van der Waals surface area contributed by atoms with Crippen molar-refractivity contribution in [3.8, 4) is 0 Å². The molecule has 1 atom stereocenters. The number of aryl methyl sites for hydroxylation is 1. The number of carboxylic acids is 2. The molecular formula is C29H30FN3O5. The fourth-order valence-corrected chi connectivity index (χ4v) is 4.04. The summed E-state index contributed by atoms with van der Waals surface area (Å²) >= 11 is 0. The van der Waals surface area contributed by atoms with Gasteiger partial charge in [-0.25, -0.2) is 13.9 Å². The van der Waals surface area contributed by atoms with Gasteiger partial charge >= 0.3 is 5.97 Å². The second-order valence-corrected chi connectivity index (χ2v) is 8.96. The Kier molecular flexibility index (Phi) is 10.2. The lowest BCUT2D eigenvalue weighted by Crippen LogP contribution is -3.09. The summed E-state index contributed by atoms with van der Waals surface area (Å²) in [5.41, 5.74) is 3.12. The number of carbonyl (C=O) groups excluding carboxylic acids is 1. The van der Waals surface area contributed by atoms with Crippen LogP contribution in [0, 0.1) is 5.82 Å². The van der Waals surface area contributed by atoms with E-state index in [4.69, 9.17) is 24.9 Å². The van der Waals surface area contributed by atoms with E-state index in [1.54, 1.807) is 16.8 Å². The maximum atomic E-state index is 13.3. The maximum Gasteiger partial charge on any atom is 0.351 e. The molecule has 198 valence electrons. The number of carboxylic acid groups (broad SMARTS) is 2. The summed E-state index contributed by atoms with van der Waals surface area (Å²) in [5, 5.41) is 22.6. The molecule has 1 heterocycles. The van der Waals surface area contributed by atoms with Gasteiger partial charge in [-0.2, -0.15) is 5.10 Å². The highest BCUT2D eigenvalue weighted by Gasteiger charge is 2.12. The first-order valence-electron chi connectivity index (χ1n) is 12.3. The first-order valence-corrected chi connectivity index (χ1v) is 12.3. The Morgan fingerprint density at radius 2 is 1.53 bits per heavy atom. The van der Waals surface area contributed by atoms with Crippen molar-refractivity contribution in [2.45, 2.75) is 25.8 Å². The molecule has 38 heavy (non-hydrogen) atoms. The van der Waals surface area contributed by atoms with Crippen LogP contribution in [0.3, 0.4) is 0 Å². The van der Waals surface area contributed by atoms with Crippen molar-refractivity contribution in [2.75, 3.05) is 20.1 Å². The van der Waals surface area contributed by atoms with Crippen LogP contribution in [-0.4, -0.2) is 47.0 Å². The topological polar surface area (TPSA) is 117 Å². The van der Waals surface area contributed by atoms with Gasteiger partial charge in [0.05, 0.1) is 37.8 Å². The summed E-state index contributed by atoms with van der Waals surface area (Å²) in [7, 11) is 2.16. The standard InChI is InChI=1S/C27H28FN3O.C2H2O4/c1-30(17-7-10-21-8-3-2-4-9-21)18-19-31-27(32)25-12-6-5-11-24(25)26(29-31)20-22-13-15-23(28)16-14-22;3-1(4)2(5)6/h2-6,8-9,11-16H,7,10,17-20H2,1H3;(H,3,4)(H,5,6). The van der Waals surface area contributed by atoms with Gasteiger partial charge in [-0.3, -0.25) is 4.79 Å². The zero-order valence-corrected chi connectivity index (χ0v) is 21.1. The van der Waals surface area contributed by atoms with Gasteiger partial charge in [0, 0.05) is 18.2 Å². The van der Waals surface area contributed by atoms with Gasteiger partial charge in [-0.15, -0.1) is 0 Å². The third kappa shape index (κ3) is 8.35. The fourth-order valence-electron chi connectivity index (χ4n) is 4.04. The molecule has 8 nitrogen and oxygen atoms in total. The average Bonchev–Trinajstić information content (AvgIpc) is 2.91. The molecule has 4 aromatic rings. The number of halogens is 1. The fraction of sp³-hybridized carbons (Fsp3) is 0.241. The van der Waals surface area contributed by atoms with Crippen LogP contribution in [0.2, 0.25) is 0 Å². The van der Waals surface area contributed by atoms with Gasteiger partial charge in [-0.05, 0) is 35.7 Å². The van der Waals surface area contributed by atoms with Gasteiger partial charge in [0.25, 0.3) is 5.56 Å². The molecule has 0 aliphatic rings. The van der Waals surface area contributed by atoms with Gasteiger partial charge in [0.2, 0.25) is 0 Å². The SMILES string of the molecule is C[NH+](CCCc1ccccc1)CCn1nc(Cc2ccc(F)cc2)c2ccccc2c1=O.O=C([O-])C(=O)O. The number of aromatic nitrogens is 2. The molecule has 0 saturated carbocycles. The summed E-state index contributed by atoms with van der Waals surface area (Å²) in [6.45, 7) is 2.44. The van der Waals surface area contributed by atoms with Crippen LogP contribution in [-0.2, 0) is 29.0 Å². The summed E-state index contributed by atoms with van der Waals surface area (Å²) in [4.78, 5) is 32.4. The number of likely N-dealkylation sites (N-methyl/N-ethyl adjacent to an activating group) is 1. The summed E-state index contributed by atoms with van der Waals surface area (Å²) in [6.07, 6.45) is 2.72. The minimum Gasteiger partial charge on any atom is -0.539 e. The lowest BCUT2D eigenvalue weighted by molar-refractivity contribution is -0.880. The van der Waals surface area contributed by atoms with Crippen LogP contribution in [0.25, 0.3) is 10.8 Å². The molecule has 0 aliphatic carbocycles. The Balaban J connectivity index is 0.000000599. The van der Waals surface area contributed by atoms with Gasteiger partial charge in [-0.1, -0.05) is 60.7 Å². The van der Waals surface area contributed by atoms with E-state index in [1.165, 1.54) is 22.6 Å². The molecular weight excluding hydrogens is 489 g/mol. The minimum absolute atomic E-state index is 0.0551. The average molecular weight is 520 g/mol. The second-order valence-electron chi connectivity index (χ2n) is 8.96. The maximum absolute atomic E-state index is 13.3. The molecule has 4 rings (SSSR count). The van der Waals surface area contributed by atoms with E-state index >= 15 is 0 Å². The summed E-state index contributed by atoms with van der Waals surface area (Å²) < 4.78 is 14.9. The zero-order valence-electron chi connectivity index (χ0n) is 21.1. The van der Waals surface area contributed by atoms with Crippen molar-refractivity contribution in [2.24, 2.45) is 0 Å². The van der Waals surface area contributed by atoms with Crippen LogP contribution in [0.5, 0.6) is 0 Å². The number of hydrogen-bond donors (Lipinski definition) is 2. The lowest BCUT2D eigenvalue weighted by Gasteiger charge is -2.16. The van der Waals surface area contributed by atoms with Gasteiger partial charge in [0.15, 0.2) is 5.97 Å². The molecule has 0 amide bonds. The van der Waals surface area contributed by atoms with Crippen LogP contribution >= 0.6 is 0 Å². The monoisotopic (exact) mass is 519 g/mol. The zero-order chi connectivity index (χ0) is 27.5. The van der Waals surface area contributed by atoms with Crippen molar-refractivity contribution in [3.05, 3.63) is 112 Å². The largest absolute Gasteiger partial charge is 0.539 e. The molecule has 0 fully saturated rings.